The van der Waals surface area contributed by atoms with Gasteiger partial charge in [-0.25, -0.2) is 4.72 Å². The molecular formula is C9H18NO2S-. The summed E-state index contributed by atoms with van der Waals surface area (Å²) in [4.78, 5) is 0. The lowest BCUT2D eigenvalue weighted by atomic mass is 9.99. The van der Waals surface area contributed by atoms with E-state index < -0.39 is 11.3 Å². The van der Waals surface area contributed by atoms with Crippen molar-refractivity contribution in [3.05, 3.63) is 0 Å². The average molecular weight is 204 g/mol. The molecule has 0 spiro atoms. The topological polar surface area (TPSA) is 52.2 Å². The summed E-state index contributed by atoms with van der Waals surface area (Å²) in [6, 6.07) is 0. The molecule has 0 aromatic rings. The Bertz CT molecular complexity index is 171. The molecule has 78 valence electrons. The van der Waals surface area contributed by atoms with Crippen LogP contribution in [-0.4, -0.2) is 15.3 Å². The van der Waals surface area contributed by atoms with Gasteiger partial charge in [0, 0.05) is 17.8 Å². The van der Waals surface area contributed by atoms with Crippen LogP contribution in [0.4, 0.5) is 0 Å². The first kappa shape index (κ1) is 11.1. The molecular weight excluding hydrogens is 186 g/mol. The highest BCUT2D eigenvalue weighted by atomic mass is 32.2. The van der Waals surface area contributed by atoms with Crippen molar-refractivity contribution in [2.45, 2.75) is 39.0 Å². The Morgan fingerprint density at radius 2 is 2.23 bits per heavy atom. The second kappa shape index (κ2) is 5.73. The fraction of sp³-hybridized carbons (Fsp3) is 1.00. The van der Waals surface area contributed by atoms with Crippen molar-refractivity contribution < 1.29 is 8.76 Å². The minimum Gasteiger partial charge on any atom is -0.760 e. The summed E-state index contributed by atoms with van der Waals surface area (Å²) >= 11 is -2.08. The summed E-state index contributed by atoms with van der Waals surface area (Å²) in [6.45, 7) is 2.89. The van der Waals surface area contributed by atoms with Crippen LogP contribution < -0.4 is 4.72 Å². The summed E-state index contributed by atoms with van der Waals surface area (Å²) in [5.41, 5.74) is 0. The third-order valence-electron chi connectivity index (χ3n) is 2.73. The van der Waals surface area contributed by atoms with Crippen LogP contribution in [0, 0.1) is 11.8 Å². The zero-order valence-electron chi connectivity index (χ0n) is 8.12. The Morgan fingerprint density at radius 1 is 1.54 bits per heavy atom. The van der Waals surface area contributed by atoms with Crippen molar-refractivity contribution in [3.63, 3.8) is 0 Å². The van der Waals surface area contributed by atoms with Gasteiger partial charge < -0.3 is 4.55 Å². The molecule has 2 unspecified atom stereocenters. The number of rotatable bonds is 7. The Kier molecular flexibility index (Phi) is 4.91. The third kappa shape index (κ3) is 5.39. The van der Waals surface area contributed by atoms with Gasteiger partial charge in [-0.2, -0.15) is 0 Å². The van der Waals surface area contributed by atoms with Crippen LogP contribution in [0.15, 0.2) is 0 Å². The van der Waals surface area contributed by atoms with Gasteiger partial charge in [0.25, 0.3) is 0 Å². The van der Waals surface area contributed by atoms with Gasteiger partial charge in [0.05, 0.1) is 0 Å². The fourth-order valence-corrected chi connectivity index (χ4v) is 1.96. The Hall–Kier alpha value is 0.0700. The highest BCUT2D eigenvalue weighted by Gasteiger charge is 2.26. The zero-order chi connectivity index (χ0) is 9.68. The van der Waals surface area contributed by atoms with Gasteiger partial charge in [0.1, 0.15) is 0 Å². The van der Waals surface area contributed by atoms with Gasteiger partial charge in [0.15, 0.2) is 0 Å². The molecule has 1 rings (SSSR count). The molecule has 13 heavy (non-hydrogen) atoms. The van der Waals surface area contributed by atoms with Crippen LogP contribution in [-0.2, 0) is 11.3 Å². The maximum absolute atomic E-state index is 10.1. The van der Waals surface area contributed by atoms with Crippen LogP contribution >= 0.6 is 0 Å². The minimum atomic E-state index is -2.08. The highest BCUT2D eigenvalue weighted by molar-refractivity contribution is 7.77. The van der Waals surface area contributed by atoms with Crippen molar-refractivity contribution in [2.75, 3.05) is 6.54 Å². The summed E-state index contributed by atoms with van der Waals surface area (Å²) in [5.74, 6) is 1.82. The number of unbranched alkanes of at least 4 members (excludes halogenated alkanes) is 1. The molecule has 0 bridgehead atoms. The quantitative estimate of drug-likeness (QED) is 0.505. The summed E-state index contributed by atoms with van der Waals surface area (Å²) in [6.07, 6.45) is 6.17. The lowest BCUT2D eigenvalue weighted by molar-refractivity contribution is 0.444. The van der Waals surface area contributed by atoms with Crippen LogP contribution in [0.5, 0.6) is 0 Å². The first-order valence-corrected chi connectivity index (χ1v) is 6.10. The summed E-state index contributed by atoms with van der Waals surface area (Å²) in [5, 5.41) is 0. The van der Waals surface area contributed by atoms with Gasteiger partial charge in [-0.05, 0) is 31.1 Å². The second-order valence-electron chi connectivity index (χ2n) is 3.94. The fourth-order valence-electron chi connectivity index (χ4n) is 1.65. The molecule has 0 heterocycles. The normalized spacial score (nSPS) is 21.4. The molecule has 2 atom stereocenters. The smallest absolute Gasteiger partial charge is 0.0181 e. The van der Waals surface area contributed by atoms with Crippen molar-refractivity contribution in [3.8, 4) is 0 Å². The van der Waals surface area contributed by atoms with E-state index in [1.165, 1.54) is 19.3 Å². The van der Waals surface area contributed by atoms with Crippen molar-refractivity contribution in [2.24, 2.45) is 11.8 Å². The monoisotopic (exact) mass is 204 g/mol. The van der Waals surface area contributed by atoms with Crippen molar-refractivity contribution >= 4 is 11.3 Å². The van der Waals surface area contributed by atoms with E-state index in [9.17, 15) is 8.76 Å². The van der Waals surface area contributed by atoms with E-state index in [-0.39, 0.29) is 0 Å². The lowest BCUT2D eigenvalue weighted by Crippen LogP contribution is -2.17. The Morgan fingerprint density at radius 3 is 2.77 bits per heavy atom. The maximum atomic E-state index is 10.1. The molecule has 1 aliphatic carbocycles. The summed E-state index contributed by atoms with van der Waals surface area (Å²) < 4.78 is 22.6. The first-order valence-electron chi connectivity index (χ1n) is 5.03. The van der Waals surface area contributed by atoms with Crippen LogP contribution in [0.3, 0.4) is 0 Å². The molecule has 4 heteroatoms. The van der Waals surface area contributed by atoms with Crippen LogP contribution in [0.25, 0.3) is 0 Å². The molecule has 1 aliphatic rings. The molecule has 0 amide bonds. The lowest BCUT2D eigenvalue weighted by Gasteiger charge is -2.10. The summed E-state index contributed by atoms with van der Waals surface area (Å²) in [7, 11) is 0. The zero-order valence-corrected chi connectivity index (χ0v) is 8.94. The molecule has 1 fully saturated rings. The molecule has 1 saturated carbocycles. The molecule has 0 aromatic carbocycles. The Balaban J connectivity index is 1.85. The molecule has 0 radical (unpaired) electrons. The second-order valence-corrected chi connectivity index (χ2v) is 4.70. The molecule has 1 N–H and O–H groups in total. The standard InChI is InChI=1S/C9H19NO2S/c1-8(9-5-6-9)4-2-3-7-10-13(11)12/h8-10H,2-7H2,1H3,(H,11,12)/p-1. The van der Waals surface area contributed by atoms with E-state index in [4.69, 9.17) is 0 Å². The molecule has 0 saturated heterocycles. The van der Waals surface area contributed by atoms with Crippen molar-refractivity contribution in [1.82, 2.24) is 4.72 Å². The minimum absolute atomic E-state index is 0.591. The highest BCUT2D eigenvalue weighted by Crippen LogP contribution is 2.38. The first-order chi connectivity index (χ1) is 6.20. The van der Waals surface area contributed by atoms with E-state index in [1.54, 1.807) is 0 Å². The molecule has 0 aromatic heterocycles. The molecule has 3 nitrogen and oxygen atoms in total. The molecule has 0 aliphatic heterocycles. The van der Waals surface area contributed by atoms with E-state index in [1.807, 2.05) is 0 Å². The van der Waals surface area contributed by atoms with Crippen LogP contribution in [0.2, 0.25) is 0 Å². The van der Waals surface area contributed by atoms with Crippen molar-refractivity contribution in [1.29, 1.82) is 0 Å². The number of hydrogen-bond donors (Lipinski definition) is 1. The predicted molar refractivity (Wildman–Crippen MR) is 52.7 cm³/mol. The number of hydrogen-bond acceptors (Lipinski definition) is 2. The van der Waals surface area contributed by atoms with E-state index in [0.717, 1.165) is 24.7 Å². The Labute approximate surface area is 82.7 Å². The van der Waals surface area contributed by atoms with Gasteiger partial charge in [-0.15, -0.1) is 0 Å². The van der Waals surface area contributed by atoms with Gasteiger partial charge >= 0.3 is 0 Å². The maximum Gasteiger partial charge on any atom is 0.0181 e. The van der Waals surface area contributed by atoms with E-state index >= 15 is 0 Å². The third-order valence-corrected chi connectivity index (χ3v) is 3.17. The van der Waals surface area contributed by atoms with Crippen LogP contribution in [0.1, 0.15) is 39.0 Å². The largest absolute Gasteiger partial charge is 0.760 e. The number of nitrogens with one attached hydrogen (secondary N) is 1. The SMILES string of the molecule is CC(CCCCNS(=O)[O-])C1CC1. The predicted octanol–water partition coefficient (Wildman–Crippen LogP) is 1.59. The van der Waals surface area contributed by atoms with Gasteiger partial charge in [-0.3, -0.25) is 4.21 Å². The van der Waals surface area contributed by atoms with Gasteiger partial charge in [0.2, 0.25) is 0 Å². The average Bonchev–Trinajstić information content (AvgIpc) is 2.85. The van der Waals surface area contributed by atoms with E-state index in [2.05, 4.69) is 11.6 Å². The van der Waals surface area contributed by atoms with E-state index in [0.29, 0.717) is 6.54 Å². The van der Waals surface area contributed by atoms with Gasteiger partial charge in [-0.1, -0.05) is 19.8 Å².